The molecule has 0 unspecified atom stereocenters. The van der Waals surface area contributed by atoms with Crippen LogP contribution in [0.1, 0.15) is 39.5 Å². The van der Waals surface area contributed by atoms with Gasteiger partial charge < -0.3 is 10.6 Å². The molecule has 138 valence electrons. The van der Waals surface area contributed by atoms with Crippen molar-refractivity contribution in [3.8, 4) is 0 Å². The SMILES string of the molecule is CCc1cccc(C)c1Nc1cncc(C(=O)NCc2cccc(C)c2)c1. The minimum Gasteiger partial charge on any atom is -0.354 e. The van der Waals surface area contributed by atoms with Crippen molar-refractivity contribution in [3.63, 3.8) is 0 Å². The zero-order valence-corrected chi connectivity index (χ0v) is 16.0. The lowest BCUT2D eigenvalue weighted by atomic mass is 10.1. The van der Waals surface area contributed by atoms with E-state index in [0.29, 0.717) is 12.1 Å². The third kappa shape index (κ3) is 4.73. The summed E-state index contributed by atoms with van der Waals surface area (Å²) in [6.45, 7) is 6.75. The normalized spacial score (nSPS) is 10.5. The Balaban J connectivity index is 1.73. The van der Waals surface area contributed by atoms with E-state index >= 15 is 0 Å². The van der Waals surface area contributed by atoms with E-state index in [2.05, 4.69) is 53.7 Å². The number of hydrogen-bond donors (Lipinski definition) is 2. The highest BCUT2D eigenvalue weighted by Gasteiger charge is 2.09. The molecule has 2 aromatic carbocycles. The first-order chi connectivity index (χ1) is 13.1. The van der Waals surface area contributed by atoms with Crippen LogP contribution in [0.4, 0.5) is 11.4 Å². The van der Waals surface area contributed by atoms with E-state index in [1.54, 1.807) is 12.4 Å². The second-order valence-corrected chi connectivity index (χ2v) is 6.72. The summed E-state index contributed by atoms with van der Waals surface area (Å²) < 4.78 is 0. The van der Waals surface area contributed by atoms with Gasteiger partial charge in [0.25, 0.3) is 5.91 Å². The van der Waals surface area contributed by atoms with Gasteiger partial charge in [-0.25, -0.2) is 0 Å². The summed E-state index contributed by atoms with van der Waals surface area (Å²) in [5, 5.41) is 6.39. The van der Waals surface area contributed by atoms with Crippen molar-refractivity contribution < 1.29 is 4.79 Å². The third-order valence-corrected chi connectivity index (χ3v) is 4.55. The predicted octanol–water partition coefficient (Wildman–Crippen LogP) is 4.93. The minimum absolute atomic E-state index is 0.131. The summed E-state index contributed by atoms with van der Waals surface area (Å²) in [5.74, 6) is -0.131. The van der Waals surface area contributed by atoms with Gasteiger partial charge in [-0.1, -0.05) is 55.0 Å². The van der Waals surface area contributed by atoms with Gasteiger partial charge in [0.05, 0.1) is 17.4 Å². The summed E-state index contributed by atoms with van der Waals surface area (Å²) in [6, 6.07) is 16.2. The molecular weight excluding hydrogens is 334 g/mol. The fraction of sp³-hybridized carbons (Fsp3) is 0.217. The van der Waals surface area contributed by atoms with Crippen molar-refractivity contribution >= 4 is 17.3 Å². The number of para-hydroxylation sites is 1. The number of aryl methyl sites for hydroxylation is 3. The minimum atomic E-state index is -0.131. The molecule has 3 rings (SSSR count). The van der Waals surface area contributed by atoms with Gasteiger partial charge in [-0.3, -0.25) is 9.78 Å². The fourth-order valence-corrected chi connectivity index (χ4v) is 3.09. The maximum absolute atomic E-state index is 12.5. The predicted molar refractivity (Wildman–Crippen MR) is 110 cm³/mol. The Morgan fingerprint density at radius 2 is 1.85 bits per heavy atom. The third-order valence-electron chi connectivity index (χ3n) is 4.55. The van der Waals surface area contributed by atoms with Crippen molar-refractivity contribution in [1.82, 2.24) is 10.3 Å². The first kappa shape index (κ1) is 18.6. The molecule has 0 spiro atoms. The Labute approximate surface area is 160 Å². The van der Waals surface area contributed by atoms with Crippen LogP contribution in [0, 0.1) is 13.8 Å². The average molecular weight is 359 g/mol. The van der Waals surface area contributed by atoms with Crippen LogP contribution in [0.3, 0.4) is 0 Å². The van der Waals surface area contributed by atoms with Crippen LogP contribution in [0.5, 0.6) is 0 Å². The first-order valence-corrected chi connectivity index (χ1v) is 9.21. The molecule has 27 heavy (non-hydrogen) atoms. The van der Waals surface area contributed by atoms with Crippen molar-refractivity contribution in [3.05, 3.63) is 88.7 Å². The van der Waals surface area contributed by atoms with Crippen molar-refractivity contribution in [2.24, 2.45) is 0 Å². The van der Waals surface area contributed by atoms with Gasteiger partial charge in [0, 0.05) is 18.4 Å². The monoisotopic (exact) mass is 359 g/mol. The highest BCUT2D eigenvalue weighted by atomic mass is 16.1. The Morgan fingerprint density at radius 3 is 2.63 bits per heavy atom. The number of anilines is 2. The van der Waals surface area contributed by atoms with Crippen LogP contribution >= 0.6 is 0 Å². The van der Waals surface area contributed by atoms with Gasteiger partial charge in [0.1, 0.15) is 0 Å². The molecule has 0 aliphatic rings. The molecular formula is C23H25N3O. The summed E-state index contributed by atoms with van der Waals surface area (Å²) in [4.78, 5) is 16.8. The van der Waals surface area contributed by atoms with Gasteiger partial charge >= 0.3 is 0 Å². The van der Waals surface area contributed by atoms with E-state index in [1.165, 1.54) is 16.7 Å². The van der Waals surface area contributed by atoms with Crippen LogP contribution in [0.25, 0.3) is 0 Å². The van der Waals surface area contributed by atoms with E-state index < -0.39 is 0 Å². The van der Waals surface area contributed by atoms with Crippen LogP contribution < -0.4 is 10.6 Å². The standard InChI is InChI=1S/C23H25N3O/c1-4-19-10-6-8-17(3)22(19)26-21-12-20(14-24-15-21)23(27)25-13-18-9-5-7-16(2)11-18/h5-12,14-15,26H,4,13H2,1-3H3,(H,25,27). The van der Waals surface area contributed by atoms with Gasteiger partial charge in [0.15, 0.2) is 0 Å². The van der Waals surface area contributed by atoms with Crippen molar-refractivity contribution in [2.75, 3.05) is 5.32 Å². The quantitative estimate of drug-likeness (QED) is 0.656. The lowest BCUT2D eigenvalue weighted by Crippen LogP contribution is -2.23. The second kappa shape index (κ2) is 8.49. The average Bonchev–Trinajstić information content (AvgIpc) is 2.68. The molecule has 0 atom stereocenters. The number of pyridine rings is 1. The zero-order valence-electron chi connectivity index (χ0n) is 16.0. The van der Waals surface area contributed by atoms with Gasteiger partial charge in [-0.15, -0.1) is 0 Å². The van der Waals surface area contributed by atoms with Crippen LogP contribution in [0.15, 0.2) is 60.9 Å². The van der Waals surface area contributed by atoms with E-state index in [0.717, 1.165) is 23.4 Å². The molecule has 0 radical (unpaired) electrons. The molecule has 4 nitrogen and oxygen atoms in total. The Bertz CT molecular complexity index is 950. The van der Waals surface area contributed by atoms with Gasteiger partial charge in [-0.2, -0.15) is 0 Å². The molecule has 1 heterocycles. The highest BCUT2D eigenvalue weighted by Crippen LogP contribution is 2.25. The van der Waals surface area contributed by atoms with Crippen LogP contribution in [-0.4, -0.2) is 10.9 Å². The van der Waals surface area contributed by atoms with Gasteiger partial charge in [0.2, 0.25) is 0 Å². The van der Waals surface area contributed by atoms with E-state index in [1.807, 2.05) is 31.2 Å². The second-order valence-electron chi connectivity index (χ2n) is 6.72. The summed E-state index contributed by atoms with van der Waals surface area (Å²) >= 11 is 0. The molecule has 0 fully saturated rings. The van der Waals surface area contributed by atoms with E-state index in [4.69, 9.17) is 0 Å². The number of nitrogens with zero attached hydrogens (tertiary/aromatic N) is 1. The molecule has 1 amide bonds. The highest BCUT2D eigenvalue weighted by molar-refractivity contribution is 5.94. The number of benzene rings is 2. The van der Waals surface area contributed by atoms with Crippen LogP contribution in [-0.2, 0) is 13.0 Å². The number of carbonyl (C=O) groups excluding carboxylic acids is 1. The smallest absolute Gasteiger partial charge is 0.253 e. The molecule has 0 bridgehead atoms. The molecule has 1 aromatic heterocycles. The zero-order chi connectivity index (χ0) is 19.2. The van der Waals surface area contributed by atoms with Crippen molar-refractivity contribution in [2.45, 2.75) is 33.7 Å². The first-order valence-electron chi connectivity index (χ1n) is 9.21. The van der Waals surface area contributed by atoms with E-state index in [9.17, 15) is 4.79 Å². The maximum atomic E-state index is 12.5. The largest absolute Gasteiger partial charge is 0.354 e. The summed E-state index contributed by atoms with van der Waals surface area (Å²) in [7, 11) is 0. The lowest BCUT2D eigenvalue weighted by Gasteiger charge is -2.14. The van der Waals surface area contributed by atoms with Crippen LogP contribution in [0.2, 0.25) is 0 Å². The lowest BCUT2D eigenvalue weighted by molar-refractivity contribution is 0.0950. The summed E-state index contributed by atoms with van der Waals surface area (Å²) in [5.41, 5.74) is 7.10. The Morgan fingerprint density at radius 1 is 1.04 bits per heavy atom. The molecule has 0 aliphatic carbocycles. The molecule has 0 saturated heterocycles. The molecule has 0 aliphatic heterocycles. The van der Waals surface area contributed by atoms with E-state index in [-0.39, 0.29) is 5.91 Å². The topological polar surface area (TPSA) is 54.0 Å². The summed E-state index contributed by atoms with van der Waals surface area (Å²) in [6.07, 6.45) is 4.27. The Kier molecular flexibility index (Phi) is 5.87. The molecule has 2 N–H and O–H groups in total. The molecule has 4 heteroatoms. The number of aromatic nitrogens is 1. The van der Waals surface area contributed by atoms with Crippen molar-refractivity contribution in [1.29, 1.82) is 0 Å². The number of rotatable bonds is 6. The van der Waals surface area contributed by atoms with Gasteiger partial charge in [-0.05, 0) is 43.0 Å². The molecule has 0 saturated carbocycles. The number of hydrogen-bond acceptors (Lipinski definition) is 3. The number of nitrogens with one attached hydrogen (secondary N) is 2. The fourth-order valence-electron chi connectivity index (χ4n) is 3.09. The maximum Gasteiger partial charge on any atom is 0.253 e. The molecule has 3 aromatic rings. The number of carbonyl (C=O) groups is 1. The number of amides is 1. The Hall–Kier alpha value is -3.14.